The van der Waals surface area contributed by atoms with Crippen molar-refractivity contribution in [2.45, 2.75) is 58.2 Å². The lowest BCUT2D eigenvalue weighted by molar-refractivity contribution is -0.146. The fourth-order valence-corrected chi connectivity index (χ4v) is 3.25. The molecule has 2 N–H and O–H groups in total. The maximum absolute atomic E-state index is 9.88. The lowest BCUT2D eigenvalue weighted by Crippen LogP contribution is -2.18. The molecule has 3 fully saturated rings. The summed E-state index contributed by atoms with van der Waals surface area (Å²) in [5.74, 6) is -0.344. The number of rotatable bonds is 15. The molecule has 228 valence electrons. The zero-order valence-electron chi connectivity index (χ0n) is 23.2. The first-order valence-electron chi connectivity index (χ1n) is 13.5. The highest BCUT2D eigenvalue weighted by Gasteiger charge is 2.25. The SMILES string of the molecule is C.C1CC1.CC(C)(c1ccc(OCC2CO2)cc1)c1ccc(OCC2CO2)cc1.O=C(O)COCCOCC(=O)O. The summed E-state index contributed by atoms with van der Waals surface area (Å²) < 4.78 is 30.9. The van der Waals surface area contributed by atoms with Crippen molar-refractivity contribution in [2.75, 3.05) is 52.9 Å². The molecule has 10 heteroatoms. The minimum absolute atomic E-state index is 0. The van der Waals surface area contributed by atoms with E-state index in [1.54, 1.807) is 0 Å². The van der Waals surface area contributed by atoms with E-state index in [9.17, 15) is 9.59 Å². The minimum Gasteiger partial charge on any atom is -0.491 e. The largest absolute Gasteiger partial charge is 0.491 e. The number of carbonyl (C=O) groups is 2. The topological polar surface area (TPSA) is 137 Å². The summed E-state index contributed by atoms with van der Waals surface area (Å²) in [6.07, 6.45) is 5.06. The van der Waals surface area contributed by atoms with Gasteiger partial charge in [-0.05, 0) is 35.4 Å². The minimum atomic E-state index is -1.06. The Morgan fingerprint density at radius 3 is 1.34 bits per heavy atom. The van der Waals surface area contributed by atoms with E-state index < -0.39 is 25.2 Å². The molecule has 1 saturated carbocycles. The van der Waals surface area contributed by atoms with E-state index in [1.807, 2.05) is 24.3 Å². The fraction of sp³-hybridized carbons (Fsp3) is 0.548. The van der Waals surface area contributed by atoms with Crippen LogP contribution < -0.4 is 9.47 Å². The van der Waals surface area contributed by atoms with E-state index in [4.69, 9.17) is 29.2 Å². The number of hydrogen-bond donors (Lipinski definition) is 2. The zero-order chi connectivity index (χ0) is 28.8. The maximum atomic E-state index is 9.88. The predicted molar refractivity (Wildman–Crippen MR) is 153 cm³/mol. The maximum Gasteiger partial charge on any atom is 0.329 e. The molecule has 2 unspecified atom stereocenters. The van der Waals surface area contributed by atoms with Gasteiger partial charge in [-0.2, -0.15) is 0 Å². The second-order valence-electron chi connectivity index (χ2n) is 10.2. The molecule has 2 aliphatic heterocycles. The standard InChI is InChI=1S/C21H24O4.C6H10O6.C3H6.CH4/c1-21(2,15-3-7-17(8-4-15)22-11-19-13-24-19)16-5-9-18(10-6-16)23-12-20-14-25-20;7-5(8)3-11-1-2-12-4-6(9)10;1-2-3-1;/h3-10,19-20H,11-14H2,1-2H3;1-4H2,(H,7,8)(H,9,10);1-3H2;1H4. The molecule has 0 spiro atoms. The second-order valence-corrected chi connectivity index (χ2v) is 10.2. The molecule has 2 aromatic carbocycles. The smallest absolute Gasteiger partial charge is 0.329 e. The molecule has 0 bridgehead atoms. The summed E-state index contributed by atoms with van der Waals surface area (Å²) >= 11 is 0. The van der Waals surface area contributed by atoms with Crippen molar-refractivity contribution >= 4 is 11.9 Å². The highest BCUT2D eigenvalue weighted by molar-refractivity contribution is 5.68. The third kappa shape index (κ3) is 14.9. The third-order valence-corrected chi connectivity index (χ3v) is 6.01. The monoisotopic (exact) mass is 576 g/mol. The van der Waals surface area contributed by atoms with E-state index >= 15 is 0 Å². The Kier molecular flexibility index (Phi) is 14.6. The van der Waals surface area contributed by atoms with Crippen LogP contribution in [0.25, 0.3) is 0 Å². The molecule has 0 aromatic heterocycles. The number of benzene rings is 2. The number of carboxylic acid groups (broad SMARTS) is 2. The van der Waals surface area contributed by atoms with Crippen molar-refractivity contribution in [1.82, 2.24) is 0 Å². The summed E-state index contributed by atoms with van der Waals surface area (Å²) in [5.41, 5.74) is 2.42. The van der Waals surface area contributed by atoms with E-state index in [0.717, 1.165) is 24.7 Å². The fourth-order valence-electron chi connectivity index (χ4n) is 3.25. The normalized spacial score (nSPS) is 17.8. The van der Waals surface area contributed by atoms with Gasteiger partial charge < -0.3 is 38.6 Å². The Morgan fingerprint density at radius 1 is 0.732 bits per heavy atom. The summed E-state index contributed by atoms with van der Waals surface area (Å²) in [7, 11) is 0. The summed E-state index contributed by atoms with van der Waals surface area (Å²) in [4.78, 5) is 19.8. The van der Waals surface area contributed by atoms with Crippen LogP contribution in [0.4, 0.5) is 0 Å². The number of hydrogen-bond acceptors (Lipinski definition) is 8. The lowest BCUT2D eigenvalue weighted by atomic mass is 9.78. The molecule has 2 heterocycles. The average Bonchev–Trinajstić information content (AvgIpc) is 3.79. The lowest BCUT2D eigenvalue weighted by Gasteiger charge is -2.26. The molecule has 5 rings (SSSR count). The van der Waals surface area contributed by atoms with Gasteiger partial charge in [0.1, 0.15) is 50.1 Å². The Bertz CT molecular complexity index is 944. The van der Waals surface area contributed by atoms with Crippen LogP contribution in [-0.4, -0.2) is 87.2 Å². The Morgan fingerprint density at radius 2 is 1.07 bits per heavy atom. The van der Waals surface area contributed by atoms with Crippen LogP contribution in [0.3, 0.4) is 0 Å². The molecule has 0 radical (unpaired) electrons. The van der Waals surface area contributed by atoms with Crippen molar-refractivity contribution in [3.63, 3.8) is 0 Å². The highest BCUT2D eigenvalue weighted by Crippen LogP contribution is 2.33. The molecule has 10 nitrogen and oxygen atoms in total. The Labute approximate surface area is 242 Å². The van der Waals surface area contributed by atoms with Gasteiger partial charge in [0, 0.05) is 5.41 Å². The third-order valence-electron chi connectivity index (χ3n) is 6.01. The number of ether oxygens (including phenoxy) is 6. The molecule has 2 aromatic rings. The van der Waals surface area contributed by atoms with Crippen LogP contribution in [0.5, 0.6) is 11.5 Å². The van der Waals surface area contributed by atoms with Gasteiger partial charge in [0.05, 0.1) is 26.4 Å². The van der Waals surface area contributed by atoms with E-state index in [1.165, 1.54) is 30.4 Å². The van der Waals surface area contributed by atoms with Crippen LogP contribution in [0.1, 0.15) is 51.7 Å². The van der Waals surface area contributed by atoms with Crippen molar-refractivity contribution < 1.29 is 48.2 Å². The van der Waals surface area contributed by atoms with E-state index in [0.29, 0.717) is 13.2 Å². The number of epoxide rings is 2. The van der Waals surface area contributed by atoms with Gasteiger partial charge in [0.25, 0.3) is 0 Å². The van der Waals surface area contributed by atoms with Gasteiger partial charge in [0.2, 0.25) is 0 Å². The second kappa shape index (κ2) is 17.6. The first-order valence-corrected chi connectivity index (χ1v) is 13.5. The van der Waals surface area contributed by atoms with Gasteiger partial charge in [-0.1, -0.05) is 64.8 Å². The molecule has 41 heavy (non-hydrogen) atoms. The summed E-state index contributed by atoms with van der Waals surface area (Å²) in [6.45, 7) is 6.75. The van der Waals surface area contributed by atoms with Gasteiger partial charge in [-0.3, -0.25) is 0 Å². The zero-order valence-corrected chi connectivity index (χ0v) is 23.2. The van der Waals surface area contributed by atoms with Gasteiger partial charge in [0.15, 0.2) is 0 Å². The van der Waals surface area contributed by atoms with Crippen molar-refractivity contribution in [1.29, 1.82) is 0 Å². The molecular formula is C31H44O10. The van der Waals surface area contributed by atoms with Crippen LogP contribution in [-0.2, 0) is 34.0 Å². The van der Waals surface area contributed by atoms with Gasteiger partial charge >= 0.3 is 11.9 Å². The molecule has 2 atom stereocenters. The molecule has 2 saturated heterocycles. The first kappa shape index (κ1) is 34.0. The predicted octanol–water partition coefficient (Wildman–Crippen LogP) is 4.56. The van der Waals surface area contributed by atoms with Crippen LogP contribution in [0, 0.1) is 0 Å². The molecule has 1 aliphatic carbocycles. The van der Waals surface area contributed by atoms with E-state index in [-0.39, 0.29) is 38.3 Å². The highest BCUT2D eigenvalue weighted by atomic mass is 16.6. The molecular weight excluding hydrogens is 532 g/mol. The quantitative estimate of drug-likeness (QED) is 0.229. The van der Waals surface area contributed by atoms with Gasteiger partial charge in [-0.15, -0.1) is 0 Å². The first-order chi connectivity index (χ1) is 19.2. The van der Waals surface area contributed by atoms with Crippen molar-refractivity contribution in [2.24, 2.45) is 0 Å². The summed E-state index contributed by atoms with van der Waals surface area (Å²) in [5, 5.41) is 16.2. The Balaban J connectivity index is 0.000000309. The van der Waals surface area contributed by atoms with Crippen molar-refractivity contribution in [3.05, 3.63) is 59.7 Å². The van der Waals surface area contributed by atoms with E-state index in [2.05, 4.69) is 47.6 Å². The van der Waals surface area contributed by atoms with Crippen LogP contribution >= 0.6 is 0 Å². The van der Waals surface area contributed by atoms with Crippen LogP contribution in [0.2, 0.25) is 0 Å². The number of aliphatic carboxylic acids is 2. The summed E-state index contributed by atoms with van der Waals surface area (Å²) in [6, 6.07) is 16.7. The van der Waals surface area contributed by atoms with Crippen LogP contribution in [0.15, 0.2) is 48.5 Å². The molecule has 0 amide bonds. The molecule has 3 aliphatic rings. The number of carboxylic acids is 2. The Hall–Kier alpha value is -3.18. The van der Waals surface area contributed by atoms with Crippen molar-refractivity contribution in [3.8, 4) is 11.5 Å². The average molecular weight is 577 g/mol. The van der Waals surface area contributed by atoms with Gasteiger partial charge in [-0.25, -0.2) is 9.59 Å².